The molecule has 1 heterocycles. The van der Waals surface area contributed by atoms with E-state index < -0.39 is 5.92 Å². The Kier molecular flexibility index (Phi) is 7.90. The first-order valence-electron chi connectivity index (χ1n) is 14.5. The standard InChI is InChI=1S/C34H39ClN2O4/c1-6-15-37-24-16-33(2,3)18-26(38)31(24)30(32-25(37)17-34(4,5)19-27(32)39)21-11-7-10-14-28(21)41-20-29(40)36-23-13-9-8-12-22(23)35/h7-14,30H,6,15-20H2,1-5H3,(H,36,40). The van der Waals surface area contributed by atoms with Gasteiger partial charge in [-0.3, -0.25) is 14.4 Å². The van der Waals surface area contributed by atoms with Crippen LogP contribution >= 0.6 is 11.6 Å². The lowest BCUT2D eigenvalue weighted by Gasteiger charge is -2.49. The van der Waals surface area contributed by atoms with Gasteiger partial charge >= 0.3 is 0 Å². The van der Waals surface area contributed by atoms with Crippen molar-refractivity contribution in [1.29, 1.82) is 0 Å². The number of ether oxygens (including phenoxy) is 1. The van der Waals surface area contributed by atoms with E-state index in [2.05, 4.69) is 44.8 Å². The summed E-state index contributed by atoms with van der Waals surface area (Å²) in [6, 6.07) is 14.5. The highest BCUT2D eigenvalue weighted by Gasteiger charge is 2.49. The van der Waals surface area contributed by atoms with E-state index in [1.165, 1.54) is 0 Å². The van der Waals surface area contributed by atoms with Crippen LogP contribution in [-0.2, 0) is 14.4 Å². The number of nitrogens with zero attached hydrogens (tertiary/aromatic N) is 1. The minimum atomic E-state index is -0.525. The Hall–Kier alpha value is -3.38. The van der Waals surface area contributed by atoms with Crippen LogP contribution in [0.3, 0.4) is 0 Å². The molecule has 0 saturated carbocycles. The fraction of sp³-hybridized carbons (Fsp3) is 0.441. The van der Waals surface area contributed by atoms with Crippen LogP contribution in [0, 0.1) is 10.8 Å². The zero-order valence-corrected chi connectivity index (χ0v) is 25.4. The largest absolute Gasteiger partial charge is 0.483 e. The lowest BCUT2D eigenvalue weighted by Crippen LogP contribution is -2.44. The number of halogens is 1. The maximum atomic E-state index is 14.0. The predicted molar refractivity (Wildman–Crippen MR) is 162 cm³/mol. The molecule has 0 atom stereocenters. The number of rotatable bonds is 7. The summed E-state index contributed by atoms with van der Waals surface area (Å²) in [6.45, 7) is 11.2. The van der Waals surface area contributed by atoms with E-state index >= 15 is 0 Å². The van der Waals surface area contributed by atoms with Crippen molar-refractivity contribution in [3.8, 4) is 5.75 Å². The van der Waals surface area contributed by atoms with Crippen LogP contribution in [-0.4, -0.2) is 35.5 Å². The lowest BCUT2D eigenvalue weighted by atomic mass is 9.63. The summed E-state index contributed by atoms with van der Waals surface area (Å²) in [4.78, 5) is 43.0. The van der Waals surface area contributed by atoms with Gasteiger partial charge in [0.1, 0.15) is 5.75 Å². The van der Waals surface area contributed by atoms with Gasteiger partial charge in [0.15, 0.2) is 18.2 Å². The van der Waals surface area contributed by atoms with Crippen molar-refractivity contribution in [3.05, 3.63) is 81.7 Å². The molecule has 216 valence electrons. The number of para-hydroxylation sites is 2. The number of carbonyl (C=O) groups excluding carboxylic acids is 3. The number of anilines is 1. The lowest BCUT2D eigenvalue weighted by molar-refractivity contribution is -0.120. The van der Waals surface area contributed by atoms with Gasteiger partial charge in [-0.2, -0.15) is 0 Å². The van der Waals surface area contributed by atoms with Crippen LogP contribution in [0.5, 0.6) is 5.75 Å². The molecule has 5 rings (SSSR count). The molecular formula is C34H39ClN2O4. The molecule has 2 aromatic carbocycles. The van der Waals surface area contributed by atoms with Crippen LogP contribution in [0.1, 0.15) is 78.2 Å². The smallest absolute Gasteiger partial charge is 0.262 e. The molecule has 41 heavy (non-hydrogen) atoms. The first kappa shape index (κ1) is 29.1. The molecule has 0 spiro atoms. The summed E-state index contributed by atoms with van der Waals surface area (Å²) in [6.07, 6.45) is 3.28. The SMILES string of the molecule is CCCN1C2=C(C(=O)CC(C)(C)C2)C(c2ccccc2OCC(=O)Nc2ccccc2Cl)C2=C1CC(C)(C)CC2=O. The van der Waals surface area contributed by atoms with Gasteiger partial charge in [0, 0.05) is 53.4 Å². The Balaban J connectivity index is 1.58. The van der Waals surface area contributed by atoms with E-state index in [4.69, 9.17) is 16.3 Å². The molecule has 0 unspecified atom stereocenters. The second kappa shape index (κ2) is 11.1. The van der Waals surface area contributed by atoms with Crippen molar-refractivity contribution >= 4 is 34.8 Å². The molecular weight excluding hydrogens is 536 g/mol. The number of allylic oxidation sites excluding steroid dienone is 4. The number of nitrogens with one attached hydrogen (secondary N) is 1. The van der Waals surface area contributed by atoms with Crippen LogP contribution in [0.2, 0.25) is 5.02 Å². The van der Waals surface area contributed by atoms with Crippen molar-refractivity contribution in [2.45, 2.75) is 72.6 Å². The van der Waals surface area contributed by atoms with E-state index in [0.717, 1.165) is 42.8 Å². The molecule has 7 heteroatoms. The van der Waals surface area contributed by atoms with Gasteiger partial charge in [-0.15, -0.1) is 0 Å². The number of benzene rings is 2. The van der Waals surface area contributed by atoms with Crippen molar-refractivity contribution < 1.29 is 19.1 Å². The summed E-state index contributed by atoms with van der Waals surface area (Å²) in [5, 5.41) is 3.23. The van der Waals surface area contributed by atoms with Gasteiger partial charge in [0.2, 0.25) is 0 Å². The third-order valence-electron chi connectivity index (χ3n) is 8.21. The summed E-state index contributed by atoms with van der Waals surface area (Å²) in [5.41, 5.74) is 4.39. The Bertz CT molecular complexity index is 1410. The predicted octanol–water partition coefficient (Wildman–Crippen LogP) is 7.45. The minimum absolute atomic E-state index is 0.0813. The van der Waals surface area contributed by atoms with Gasteiger partial charge < -0.3 is 15.0 Å². The minimum Gasteiger partial charge on any atom is -0.483 e. The van der Waals surface area contributed by atoms with Crippen molar-refractivity contribution in [3.63, 3.8) is 0 Å². The molecule has 2 aromatic rings. The van der Waals surface area contributed by atoms with Gasteiger partial charge in [-0.25, -0.2) is 0 Å². The maximum absolute atomic E-state index is 14.0. The third-order valence-corrected chi connectivity index (χ3v) is 8.54. The van der Waals surface area contributed by atoms with Gasteiger partial charge in [-0.05, 0) is 48.3 Å². The van der Waals surface area contributed by atoms with Crippen molar-refractivity contribution in [1.82, 2.24) is 4.90 Å². The average Bonchev–Trinajstić information content (AvgIpc) is 2.88. The van der Waals surface area contributed by atoms with E-state index in [1.54, 1.807) is 24.3 Å². The summed E-state index contributed by atoms with van der Waals surface area (Å²) in [5.74, 6) is -0.222. The van der Waals surface area contributed by atoms with Crippen molar-refractivity contribution in [2.24, 2.45) is 10.8 Å². The quantitative estimate of drug-likeness (QED) is 0.371. The number of hydrogen-bond acceptors (Lipinski definition) is 5. The highest BCUT2D eigenvalue weighted by Crippen LogP contribution is 2.55. The zero-order valence-electron chi connectivity index (χ0n) is 24.6. The monoisotopic (exact) mass is 574 g/mol. The first-order chi connectivity index (χ1) is 19.4. The average molecular weight is 575 g/mol. The normalized spacial score (nSPS) is 20.1. The summed E-state index contributed by atoms with van der Waals surface area (Å²) >= 11 is 6.21. The highest BCUT2D eigenvalue weighted by atomic mass is 35.5. The first-order valence-corrected chi connectivity index (χ1v) is 14.8. The topological polar surface area (TPSA) is 75.7 Å². The Labute approximate surface area is 247 Å². The highest BCUT2D eigenvalue weighted by molar-refractivity contribution is 6.33. The van der Waals surface area contributed by atoms with E-state index in [0.29, 0.717) is 40.4 Å². The second-order valence-corrected chi connectivity index (χ2v) is 13.4. The van der Waals surface area contributed by atoms with E-state index in [9.17, 15) is 14.4 Å². The molecule has 1 N–H and O–H groups in total. The van der Waals surface area contributed by atoms with E-state index in [1.807, 2.05) is 24.3 Å². The molecule has 0 bridgehead atoms. The molecule has 1 aliphatic heterocycles. The molecule has 6 nitrogen and oxygen atoms in total. The Morgan fingerprint density at radius 3 is 2.05 bits per heavy atom. The van der Waals surface area contributed by atoms with E-state index in [-0.39, 0.29) is 34.9 Å². The fourth-order valence-corrected chi connectivity index (χ4v) is 6.78. The van der Waals surface area contributed by atoms with Crippen LogP contribution < -0.4 is 10.1 Å². The van der Waals surface area contributed by atoms with Crippen molar-refractivity contribution in [2.75, 3.05) is 18.5 Å². The summed E-state index contributed by atoms with van der Waals surface area (Å²) in [7, 11) is 0. The molecule has 1 amide bonds. The van der Waals surface area contributed by atoms with Crippen LogP contribution in [0.25, 0.3) is 0 Å². The maximum Gasteiger partial charge on any atom is 0.262 e. The number of Topliss-reactive ketones (excluding diaryl/α,β-unsaturated/α-hetero) is 2. The summed E-state index contributed by atoms with van der Waals surface area (Å²) < 4.78 is 6.11. The second-order valence-electron chi connectivity index (χ2n) is 13.0. The van der Waals surface area contributed by atoms with Crippen LogP contribution in [0.4, 0.5) is 5.69 Å². The number of amides is 1. The zero-order chi connectivity index (χ0) is 29.5. The molecule has 3 aliphatic rings. The molecule has 0 saturated heterocycles. The third kappa shape index (κ3) is 5.85. The number of ketones is 2. The molecule has 0 radical (unpaired) electrons. The number of carbonyl (C=O) groups is 3. The number of hydrogen-bond donors (Lipinski definition) is 1. The van der Waals surface area contributed by atoms with Gasteiger partial charge in [0.05, 0.1) is 10.7 Å². The molecule has 2 aliphatic carbocycles. The Morgan fingerprint density at radius 1 is 0.902 bits per heavy atom. The Morgan fingerprint density at radius 2 is 1.46 bits per heavy atom. The van der Waals surface area contributed by atoms with Gasteiger partial charge in [-0.1, -0.05) is 76.6 Å². The fourth-order valence-electron chi connectivity index (χ4n) is 6.59. The van der Waals surface area contributed by atoms with Gasteiger partial charge in [0.25, 0.3) is 5.91 Å². The van der Waals surface area contributed by atoms with Crippen LogP contribution in [0.15, 0.2) is 71.1 Å². The molecule has 0 aromatic heterocycles. The molecule has 0 fully saturated rings.